The van der Waals surface area contributed by atoms with Crippen molar-refractivity contribution in [3.05, 3.63) is 6.33 Å². The van der Waals surface area contributed by atoms with Crippen molar-refractivity contribution in [1.29, 1.82) is 0 Å². The van der Waals surface area contributed by atoms with Crippen LogP contribution in [0.15, 0.2) is 11.5 Å². The molecule has 1 N–H and O–H groups in total. The Morgan fingerprint density at radius 2 is 2.31 bits per heavy atom. The molecule has 2 rings (SSSR count). The average molecular weight is 240 g/mol. The standard InChI is InChI=1S/C11H20N4S/c1-8-4-5-9(12-2)10(6-8)16-11-13-7-14-15(11)3/h7-10,12H,4-6H2,1-3H3. The number of hydrogen-bond acceptors (Lipinski definition) is 4. The SMILES string of the molecule is CNC1CCC(C)CC1Sc1ncnn1C. The van der Waals surface area contributed by atoms with Crippen LogP contribution in [0.2, 0.25) is 0 Å². The Morgan fingerprint density at radius 1 is 1.50 bits per heavy atom. The van der Waals surface area contributed by atoms with E-state index in [-0.39, 0.29) is 0 Å². The predicted octanol–water partition coefficient (Wildman–Crippen LogP) is 1.68. The van der Waals surface area contributed by atoms with Gasteiger partial charge in [0, 0.05) is 18.3 Å². The number of thioether (sulfide) groups is 1. The summed E-state index contributed by atoms with van der Waals surface area (Å²) in [4.78, 5) is 4.29. The first kappa shape index (κ1) is 11.9. The summed E-state index contributed by atoms with van der Waals surface area (Å²) in [6.07, 6.45) is 5.50. The minimum absolute atomic E-state index is 0.609. The zero-order chi connectivity index (χ0) is 11.5. The van der Waals surface area contributed by atoms with E-state index in [1.807, 2.05) is 23.5 Å². The van der Waals surface area contributed by atoms with Crippen LogP contribution in [0.1, 0.15) is 26.2 Å². The Bertz CT molecular complexity index is 338. The van der Waals surface area contributed by atoms with E-state index in [2.05, 4.69) is 29.4 Å². The van der Waals surface area contributed by atoms with Gasteiger partial charge in [-0.05, 0) is 32.2 Å². The molecule has 0 radical (unpaired) electrons. The number of nitrogens with zero attached hydrogens (tertiary/aromatic N) is 3. The van der Waals surface area contributed by atoms with Crippen molar-refractivity contribution in [2.75, 3.05) is 7.05 Å². The third-order valence-corrected chi connectivity index (χ3v) is 4.76. The predicted molar refractivity (Wildman–Crippen MR) is 66.5 cm³/mol. The third-order valence-electron chi connectivity index (χ3n) is 3.35. The van der Waals surface area contributed by atoms with Crippen molar-refractivity contribution < 1.29 is 0 Å². The molecular weight excluding hydrogens is 220 g/mol. The first-order chi connectivity index (χ1) is 7.70. The summed E-state index contributed by atoms with van der Waals surface area (Å²) in [6.45, 7) is 2.34. The summed E-state index contributed by atoms with van der Waals surface area (Å²) in [5.41, 5.74) is 0. The van der Waals surface area contributed by atoms with Crippen LogP contribution in [-0.2, 0) is 7.05 Å². The van der Waals surface area contributed by atoms with Crippen LogP contribution in [-0.4, -0.2) is 33.1 Å². The molecule has 1 aromatic rings. The van der Waals surface area contributed by atoms with Gasteiger partial charge in [-0.25, -0.2) is 9.67 Å². The Morgan fingerprint density at radius 3 is 2.94 bits per heavy atom. The minimum Gasteiger partial charge on any atom is -0.316 e. The molecule has 0 saturated heterocycles. The van der Waals surface area contributed by atoms with Gasteiger partial charge < -0.3 is 5.32 Å². The van der Waals surface area contributed by atoms with Crippen molar-refractivity contribution in [3.63, 3.8) is 0 Å². The third kappa shape index (κ3) is 2.58. The van der Waals surface area contributed by atoms with E-state index < -0.39 is 0 Å². The molecule has 4 nitrogen and oxygen atoms in total. The molecule has 0 spiro atoms. The van der Waals surface area contributed by atoms with Crippen LogP contribution < -0.4 is 5.32 Å². The van der Waals surface area contributed by atoms with Crippen molar-refractivity contribution in [1.82, 2.24) is 20.1 Å². The van der Waals surface area contributed by atoms with E-state index in [4.69, 9.17) is 0 Å². The topological polar surface area (TPSA) is 42.7 Å². The molecule has 1 saturated carbocycles. The Balaban J connectivity index is 2.03. The molecular formula is C11H20N4S. The molecule has 0 amide bonds. The lowest BCUT2D eigenvalue weighted by molar-refractivity contribution is 0.328. The molecule has 3 atom stereocenters. The monoisotopic (exact) mass is 240 g/mol. The molecule has 3 unspecified atom stereocenters. The summed E-state index contributed by atoms with van der Waals surface area (Å²) in [7, 11) is 4.01. The Kier molecular flexibility index (Phi) is 3.86. The lowest BCUT2D eigenvalue weighted by Gasteiger charge is -2.33. The van der Waals surface area contributed by atoms with Crippen molar-refractivity contribution in [3.8, 4) is 0 Å². The molecule has 0 aromatic carbocycles. The highest BCUT2D eigenvalue weighted by Gasteiger charge is 2.29. The van der Waals surface area contributed by atoms with Gasteiger partial charge in [0.15, 0.2) is 5.16 Å². The molecule has 90 valence electrons. The molecule has 0 aliphatic heterocycles. The maximum absolute atomic E-state index is 4.29. The van der Waals surface area contributed by atoms with Crippen molar-refractivity contribution in [2.24, 2.45) is 13.0 Å². The first-order valence-electron chi connectivity index (χ1n) is 5.88. The van der Waals surface area contributed by atoms with Gasteiger partial charge in [0.2, 0.25) is 0 Å². The molecule has 1 aromatic heterocycles. The van der Waals surface area contributed by atoms with Gasteiger partial charge in [-0.15, -0.1) is 0 Å². The van der Waals surface area contributed by atoms with E-state index in [9.17, 15) is 0 Å². The smallest absolute Gasteiger partial charge is 0.186 e. The summed E-state index contributed by atoms with van der Waals surface area (Å²) in [5, 5.41) is 9.19. The van der Waals surface area contributed by atoms with Gasteiger partial charge in [-0.3, -0.25) is 0 Å². The van der Waals surface area contributed by atoms with Crippen molar-refractivity contribution >= 4 is 11.8 Å². The van der Waals surface area contributed by atoms with Gasteiger partial charge in [0.25, 0.3) is 0 Å². The molecule has 1 aliphatic rings. The maximum Gasteiger partial charge on any atom is 0.186 e. The fourth-order valence-corrected chi connectivity index (χ4v) is 3.76. The molecule has 1 fully saturated rings. The Hall–Kier alpha value is -0.550. The minimum atomic E-state index is 0.609. The van der Waals surface area contributed by atoms with E-state index in [1.165, 1.54) is 19.3 Å². The van der Waals surface area contributed by atoms with Crippen LogP contribution in [0.5, 0.6) is 0 Å². The van der Waals surface area contributed by atoms with E-state index in [1.54, 1.807) is 6.33 Å². The summed E-state index contributed by atoms with van der Waals surface area (Å²) < 4.78 is 1.86. The van der Waals surface area contributed by atoms with E-state index in [0.717, 1.165) is 11.1 Å². The molecule has 1 aliphatic carbocycles. The normalized spacial score (nSPS) is 30.6. The van der Waals surface area contributed by atoms with Crippen LogP contribution in [0, 0.1) is 5.92 Å². The van der Waals surface area contributed by atoms with E-state index >= 15 is 0 Å². The molecule has 5 heteroatoms. The van der Waals surface area contributed by atoms with Crippen LogP contribution in [0.3, 0.4) is 0 Å². The molecule has 1 heterocycles. The number of aromatic nitrogens is 3. The number of hydrogen-bond donors (Lipinski definition) is 1. The van der Waals surface area contributed by atoms with Gasteiger partial charge >= 0.3 is 0 Å². The second-order valence-electron chi connectivity index (χ2n) is 4.64. The average Bonchev–Trinajstić information content (AvgIpc) is 2.65. The highest BCUT2D eigenvalue weighted by Crippen LogP contribution is 2.35. The van der Waals surface area contributed by atoms with Gasteiger partial charge in [-0.2, -0.15) is 5.10 Å². The zero-order valence-corrected chi connectivity index (χ0v) is 11.0. The first-order valence-corrected chi connectivity index (χ1v) is 6.76. The van der Waals surface area contributed by atoms with Crippen molar-refractivity contribution in [2.45, 2.75) is 42.6 Å². The summed E-state index contributed by atoms with van der Waals surface area (Å²) in [6, 6.07) is 0.609. The van der Waals surface area contributed by atoms with Crippen LogP contribution in [0.25, 0.3) is 0 Å². The number of nitrogens with one attached hydrogen (secondary N) is 1. The zero-order valence-electron chi connectivity index (χ0n) is 10.2. The van der Waals surface area contributed by atoms with Crippen LogP contribution in [0.4, 0.5) is 0 Å². The molecule has 16 heavy (non-hydrogen) atoms. The lowest BCUT2D eigenvalue weighted by Crippen LogP contribution is -2.40. The Labute approximate surface area is 101 Å². The fourth-order valence-electron chi connectivity index (χ4n) is 2.32. The lowest BCUT2D eigenvalue weighted by atomic mass is 9.87. The second kappa shape index (κ2) is 5.19. The highest BCUT2D eigenvalue weighted by atomic mass is 32.2. The maximum atomic E-state index is 4.29. The summed E-state index contributed by atoms with van der Waals surface area (Å²) in [5.74, 6) is 0.829. The second-order valence-corrected chi connectivity index (χ2v) is 5.84. The van der Waals surface area contributed by atoms with Crippen LogP contribution >= 0.6 is 11.8 Å². The van der Waals surface area contributed by atoms with Gasteiger partial charge in [-0.1, -0.05) is 18.7 Å². The highest BCUT2D eigenvalue weighted by molar-refractivity contribution is 7.99. The van der Waals surface area contributed by atoms with Gasteiger partial charge in [0.05, 0.1) is 0 Å². The van der Waals surface area contributed by atoms with Gasteiger partial charge in [0.1, 0.15) is 6.33 Å². The molecule has 0 bridgehead atoms. The van der Waals surface area contributed by atoms with E-state index in [0.29, 0.717) is 11.3 Å². The number of aryl methyl sites for hydroxylation is 1. The summed E-state index contributed by atoms with van der Waals surface area (Å²) >= 11 is 1.86. The quantitative estimate of drug-likeness (QED) is 0.873. The fraction of sp³-hybridized carbons (Fsp3) is 0.818. The largest absolute Gasteiger partial charge is 0.316 e. The number of rotatable bonds is 3.